The van der Waals surface area contributed by atoms with E-state index < -0.39 is 0 Å². The van der Waals surface area contributed by atoms with Crippen molar-refractivity contribution in [2.24, 2.45) is 4.99 Å². The molecular weight excluding hydrogens is 364 g/mol. The Balaban J connectivity index is 1.91. The number of hydrogen-bond donors (Lipinski definition) is 2. The van der Waals surface area contributed by atoms with Crippen LogP contribution in [0.3, 0.4) is 0 Å². The molecule has 0 fully saturated rings. The van der Waals surface area contributed by atoms with E-state index in [9.17, 15) is 0 Å². The van der Waals surface area contributed by atoms with E-state index >= 15 is 0 Å². The van der Waals surface area contributed by atoms with E-state index in [2.05, 4.69) is 20.6 Å². The lowest BCUT2D eigenvalue weighted by Gasteiger charge is -2.12. The molecule has 0 saturated heterocycles. The number of benzene rings is 1. The highest BCUT2D eigenvalue weighted by Crippen LogP contribution is 2.15. The van der Waals surface area contributed by atoms with Crippen LogP contribution in [0.25, 0.3) is 0 Å². The summed E-state index contributed by atoms with van der Waals surface area (Å²) in [5.41, 5.74) is 2.16. The molecule has 0 unspecified atom stereocenters. The van der Waals surface area contributed by atoms with Gasteiger partial charge < -0.3 is 20.1 Å². The largest absolute Gasteiger partial charge is 0.475 e. The van der Waals surface area contributed by atoms with Gasteiger partial charge in [-0.1, -0.05) is 29.8 Å². The first-order valence-corrected chi connectivity index (χ1v) is 9.43. The molecule has 0 saturated carbocycles. The molecular formula is C20H27ClN4O2. The molecule has 2 N–H and O–H groups in total. The average Bonchev–Trinajstić information content (AvgIpc) is 2.68. The molecule has 6 nitrogen and oxygen atoms in total. The minimum atomic E-state index is 0.462. The number of guanidine groups is 1. The first-order valence-electron chi connectivity index (χ1n) is 9.05. The number of nitrogens with zero attached hydrogens (tertiary/aromatic N) is 2. The number of methoxy groups -OCH3 is 1. The molecule has 0 bridgehead atoms. The summed E-state index contributed by atoms with van der Waals surface area (Å²) < 4.78 is 10.7. The SMILES string of the molecule is CCNC(=NCc1cccnc1OCCOC)NCCc1ccc(Cl)cc1. The Morgan fingerprint density at radius 2 is 1.96 bits per heavy atom. The summed E-state index contributed by atoms with van der Waals surface area (Å²) in [4.78, 5) is 8.92. The second kappa shape index (κ2) is 12.1. The van der Waals surface area contributed by atoms with E-state index in [1.54, 1.807) is 13.3 Å². The van der Waals surface area contributed by atoms with E-state index in [1.807, 2.05) is 43.3 Å². The Morgan fingerprint density at radius 1 is 1.15 bits per heavy atom. The smallest absolute Gasteiger partial charge is 0.218 e. The Kier molecular flexibility index (Phi) is 9.44. The number of ether oxygens (including phenoxy) is 2. The predicted molar refractivity (Wildman–Crippen MR) is 110 cm³/mol. The van der Waals surface area contributed by atoms with E-state index in [0.29, 0.717) is 25.6 Å². The van der Waals surface area contributed by atoms with Gasteiger partial charge in [0.25, 0.3) is 0 Å². The van der Waals surface area contributed by atoms with Crippen molar-refractivity contribution >= 4 is 17.6 Å². The lowest BCUT2D eigenvalue weighted by Crippen LogP contribution is -2.38. The minimum Gasteiger partial charge on any atom is -0.475 e. The fraction of sp³-hybridized carbons (Fsp3) is 0.400. The van der Waals surface area contributed by atoms with Crippen LogP contribution < -0.4 is 15.4 Å². The van der Waals surface area contributed by atoms with Crippen LogP contribution in [0, 0.1) is 0 Å². The second-order valence-electron chi connectivity index (χ2n) is 5.81. The Labute approximate surface area is 166 Å². The standard InChI is InChI=1S/C20H27ClN4O2/c1-3-22-20(24-12-10-16-6-8-18(21)9-7-16)25-15-17-5-4-11-23-19(17)27-14-13-26-2/h4-9,11H,3,10,12-15H2,1-2H3,(H2,22,24,25). The van der Waals surface area contributed by atoms with E-state index in [-0.39, 0.29) is 0 Å². The highest BCUT2D eigenvalue weighted by molar-refractivity contribution is 6.30. The van der Waals surface area contributed by atoms with Gasteiger partial charge in [-0.2, -0.15) is 0 Å². The van der Waals surface area contributed by atoms with Crippen LogP contribution in [0.4, 0.5) is 0 Å². The summed E-state index contributed by atoms with van der Waals surface area (Å²) >= 11 is 5.92. The maximum Gasteiger partial charge on any atom is 0.218 e. The summed E-state index contributed by atoms with van der Waals surface area (Å²) in [5, 5.41) is 7.36. The van der Waals surface area contributed by atoms with Crippen LogP contribution in [-0.2, 0) is 17.7 Å². The lowest BCUT2D eigenvalue weighted by molar-refractivity contribution is 0.143. The summed E-state index contributed by atoms with van der Waals surface area (Å²) in [6.07, 6.45) is 2.60. The summed E-state index contributed by atoms with van der Waals surface area (Å²) in [5.74, 6) is 1.36. The highest BCUT2D eigenvalue weighted by Gasteiger charge is 2.05. The highest BCUT2D eigenvalue weighted by atomic mass is 35.5. The van der Waals surface area contributed by atoms with Gasteiger partial charge in [-0.15, -0.1) is 0 Å². The zero-order chi connectivity index (χ0) is 19.3. The molecule has 7 heteroatoms. The fourth-order valence-corrected chi connectivity index (χ4v) is 2.50. The van der Waals surface area contributed by atoms with Gasteiger partial charge in [0, 0.05) is 37.0 Å². The molecule has 1 heterocycles. The maximum absolute atomic E-state index is 5.92. The van der Waals surface area contributed by atoms with E-state index in [1.165, 1.54) is 5.56 Å². The van der Waals surface area contributed by atoms with Crippen LogP contribution >= 0.6 is 11.6 Å². The zero-order valence-electron chi connectivity index (χ0n) is 15.9. The molecule has 2 rings (SSSR count). The van der Waals surface area contributed by atoms with Gasteiger partial charge >= 0.3 is 0 Å². The quantitative estimate of drug-likeness (QED) is 0.371. The predicted octanol–water partition coefficient (Wildman–Crippen LogP) is 3.06. The molecule has 0 radical (unpaired) electrons. The Morgan fingerprint density at radius 3 is 2.70 bits per heavy atom. The third kappa shape index (κ3) is 7.85. The van der Waals surface area contributed by atoms with Crippen molar-refractivity contribution in [3.8, 4) is 5.88 Å². The third-order valence-electron chi connectivity index (χ3n) is 3.75. The van der Waals surface area contributed by atoms with Crippen LogP contribution in [0.15, 0.2) is 47.6 Å². The first kappa shape index (κ1) is 21.0. The molecule has 0 spiro atoms. The van der Waals surface area contributed by atoms with Crippen LogP contribution in [0.5, 0.6) is 5.88 Å². The third-order valence-corrected chi connectivity index (χ3v) is 4.00. The molecule has 146 valence electrons. The average molecular weight is 391 g/mol. The van der Waals surface area contributed by atoms with Crippen LogP contribution in [-0.4, -0.2) is 44.4 Å². The number of pyridine rings is 1. The zero-order valence-corrected chi connectivity index (χ0v) is 16.6. The Bertz CT molecular complexity index is 707. The number of halogens is 1. The van der Waals surface area contributed by atoms with Gasteiger partial charge in [0.2, 0.25) is 5.88 Å². The van der Waals surface area contributed by atoms with Crippen molar-refractivity contribution in [3.05, 3.63) is 58.7 Å². The molecule has 0 aliphatic carbocycles. The summed E-state index contributed by atoms with van der Waals surface area (Å²) in [6.45, 7) is 5.07. The molecule has 27 heavy (non-hydrogen) atoms. The molecule has 1 aromatic heterocycles. The number of hydrogen-bond acceptors (Lipinski definition) is 4. The lowest BCUT2D eigenvalue weighted by atomic mass is 10.1. The van der Waals surface area contributed by atoms with Gasteiger partial charge in [-0.25, -0.2) is 9.98 Å². The number of rotatable bonds is 10. The van der Waals surface area contributed by atoms with Gasteiger partial charge in [0.05, 0.1) is 13.2 Å². The van der Waals surface area contributed by atoms with Crippen LogP contribution in [0.1, 0.15) is 18.1 Å². The molecule has 0 amide bonds. The molecule has 0 aliphatic heterocycles. The fourth-order valence-electron chi connectivity index (χ4n) is 2.38. The summed E-state index contributed by atoms with van der Waals surface area (Å²) in [6, 6.07) is 11.7. The van der Waals surface area contributed by atoms with Gasteiger partial charge in [-0.3, -0.25) is 0 Å². The van der Waals surface area contributed by atoms with Crippen LogP contribution in [0.2, 0.25) is 5.02 Å². The normalized spacial score (nSPS) is 11.3. The van der Waals surface area contributed by atoms with Crippen molar-refractivity contribution in [2.45, 2.75) is 19.9 Å². The first-order chi connectivity index (χ1) is 13.2. The minimum absolute atomic E-state index is 0.462. The van der Waals surface area contributed by atoms with Crippen molar-refractivity contribution in [2.75, 3.05) is 33.4 Å². The topological polar surface area (TPSA) is 67.8 Å². The van der Waals surface area contributed by atoms with Crippen molar-refractivity contribution in [1.82, 2.24) is 15.6 Å². The van der Waals surface area contributed by atoms with Crippen molar-refractivity contribution in [1.29, 1.82) is 0 Å². The van der Waals surface area contributed by atoms with Gasteiger partial charge in [0.15, 0.2) is 5.96 Å². The molecule has 2 aromatic rings. The van der Waals surface area contributed by atoms with E-state index in [4.69, 9.17) is 21.1 Å². The molecule has 1 aromatic carbocycles. The van der Waals surface area contributed by atoms with Gasteiger partial charge in [-0.05, 0) is 37.1 Å². The number of aromatic nitrogens is 1. The second-order valence-corrected chi connectivity index (χ2v) is 6.24. The van der Waals surface area contributed by atoms with Gasteiger partial charge in [0.1, 0.15) is 6.61 Å². The summed E-state index contributed by atoms with van der Waals surface area (Å²) in [7, 11) is 1.64. The molecule has 0 atom stereocenters. The maximum atomic E-state index is 5.92. The molecule has 0 aliphatic rings. The number of nitrogens with one attached hydrogen (secondary N) is 2. The van der Waals surface area contributed by atoms with E-state index in [0.717, 1.165) is 36.1 Å². The van der Waals surface area contributed by atoms with Crippen molar-refractivity contribution < 1.29 is 9.47 Å². The number of aliphatic imine (C=N–C) groups is 1. The van der Waals surface area contributed by atoms with Crippen molar-refractivity contribution in [3.63, 3.8) is 0 Å². The Hall–Kier alpha value is -2.31. The monoisotopic (exact) mass is 390 g/mol.